The SMILES string of the molecule is CC(C)OC(=O)c1ccc(=O)[nH]c1Cl. The van der Waals surface area contributed by atoms with Crippen LogP contribution in [0.5, 0.6) is 0 Å². The third kappa shape index (κ3) is 2.60. The smallest absolute Gasteiger partial charge is 0.341 e. The first-order valence-corrected chi connectivity index (χ1v) is 4.48. The Morgan fingerprint density at radius 1 is 1.50 bits per heavy atom. The van der Waals surface area contributed by atoms with Gasteiger partial charge in [0, 0.05) is 6.07 Å². The number of pyridine rings is 1. The van der Waals surface area contributed by atoms with Crippen molar-refractivity contribution in [2.24, 2.45) is 0 Å². The average Bonchev–Trinajstić information content (AvgIpc) is 2.01. The quantitative estimate of drug-likeness (QED) is 0.602. The Morgan fingerprint density at radius 3 is 2.64 bits per heavy atom. The lowest BCUT2D eigenvalue weighted by atomic mass is 10.3. The summed E-state index contributed by atoms with van der Waals surface area (Å²) in [6.45, 7) is 3.47. The van der Waals surface area contributed by atoms with E-state index in [1.54, 1.807) is 13.8 Å². The number of aromatic nitrogens is 1. The van der Waals surface area contributed by atoms with Gasteiger partial charge in [0.25, 0.3) is 0 Å². The summed E-state index contributed by atoms with van der Waals surface area (Å²) in [5.41, 5.74) is -0.184. The second-order valence-electron chi connectivity index (χ2n) is 3.00. The Balaban J connectivity index is 2.96. The van der Waals surface area contributed by atoms with Crippen LogP contribution in [0.1, 0.15) is 24.2 Å². The zero-order valence-electron chi connectivity index (χ0n) is 7.83. The van der Waals surface area contributed by atoms with Crippen LogP contribution in [-0.2, 0) is 4.74 Å². The molecule has 76 valence electrons. The first-order chi connectivity index (χ1) is 6.50. The topological polar surface area (TPSA) is 59.2 Å². The highest BCUT2D eigenvalue weighted by Gasteiger charge is 2.13. The van der Waals surface area contributed by atoms with Crippen molar-refractivity contribution < 1.29 is 9.53 Å². The molecule has 0 aliphatic carbocycles. The van der Waals surface area contributed by atoms with Crippen molar-refractivity contribution in [3.63, 3.8) is 0 Å². The Labute approximate surface area is 85.9 Å². The molecule has 0 amide bonds. The first kappa shape index (κ1) is 10.8. The van der Waals surface area contributed by atoms with Crippen LogP contribution in [-0.4, -0.2) is 17.1 Å². The van der Waals surface area contributed by atoms with Crippen molar-refractivity contribution >= 4 is 17.6 Å². The van der Waals surface area contributed by atoms with E-state index >= 15 is 0 Å². The van der Waals surface area contributed by atoms with Gasteiger partial charge < -0.3 is 9.72 Å². The highest BCUT2D eigenvalue weighted by atomic mass is 35.5. The van der Waals surface area contributed by atoms with E-state index in [1.165, 1.54) is 12.1 Å². The monoisotopic (exact) mass is 215 g/mol. The average molecular weight is 216 g/mol. The molecule has 0 aromatic carbocycles. The maximum Gasteiger partial charge on any atom is 0.341 e. The Bertz CT molecular complexity index is 397. The number of esters is 1. The van der Waals surface area contributed by atoms with Gasteiger partial charge in [-0.05, 0) is 19.9 Å². The number of halogens is 1. The fourth-order valence-corrected chi connectivity index (χ4v) is 1.12. The van der Waals surface area contributed by atoms with E-state index in [4.69, 9.17) is 16.3 Å². The number of hydrogen-bond donors (Lipinski definition) is 1. The van der Waals surface area contributed by atoms with E-state index in [0.717, 1.165) is 0 Å². The summed E-state index contributed by atoms with van der Waals surface area (Å²) < 4.78 is 4.91. The molecule has 0 spiro atoms. The molecule has 0 saturated heterocycles. The summed E-state index contributed by atoms with van der Waals surface area (Å²) in [4.78, 5) is 24.5. The number of hydrogen-bond acceptors (Lipinski definition) is 3. The van der Waals surface area contributed by atoms with Crippen LogP contribution >= 0.6 is 11.6 Å². The standard InChI is InChI=1S/C9H10ClNO3/c1-5(2)14-9(13)6-3-4-7(12)11-8(6)10/h3-5H,1-2H3,(H,11,12). The van der Waals surface area contributed by atoms with Gasteiger partial charge in [0.1, 0.15) is 5.15 Å². The summed E-state index contributed by atoms with van der Waals surface area (Å²) >= 11 is 5.65. The summed E-state index contributed by atoms with van der Waals surface area (Å²) in [7, 11) is 0. The molecule has 1 aromatic heterocycles. The molecule has 0 aliphatic rings. The molecular weight excluding hydrogens is 206 g/mol. The molecule has 1 rings (SSSR count). The van der Waals surface area contributed by atoms with E-state index in [-0.39, 0.29) is 22.4 Å². The molecular formula is C9H10ClNO3. The van der Waals surface area contributed by atoms with E-state index < -0.39 is 5.97 Å². The van der Waals surface area contributed by atoms with Crippen LogP contribution < -0.4 is 5.56 Å². The van der Waals surface area contributed by atoms with Crippen LogP contribution in [0.25, 0.3) is 0 Å². The highest BCUT2D eigenvalue weighted by molar-refractivity contribution is 6.32. The summed E-state index contributed by atoms with van der Waals surface area (Å²) in [5.74, 6) is -0.541. The zero-order chi connectivity index (χ0) is 10.7. The number of rotatable bonds is 2. The fraction of sp³-hybridized carbons (Fsp3) is 0.333. The second-order valence-corrected chi connectivity index (χ2v) is 3.38. The molecule has 14 heavy (non-hydrogen) atoms. The molecule has 0 atom stereocenters. The molecule has 1 aromatic rings. The van der Waals surface area contributed by atoms with Crippen molar-refractivity contribution in [3.8, 4) is 0 Å². The molecule has 0 fully saturated rings. The van der Waals surface area contributed by atoms with Gasteiger partial charge in [-0.15, -0.1) is 0 Å². The van der Waals surface area contributed by atoms with Gasteiger partial charge in [-0.3, -0.25) is 4.79 Å². The minimum Gasteiger partial charge on any atom is -0.459 e. The number of ether oxygens (including phenoxy) is 1. The van der Waals surface area contributed by atoms with Gasteiger partial charge in [0.2, 0.25) is 5.56 Å². The van der Waals surface area contributed by atoms with Crippen molar-refractivity contribution in [2.75, 3.05) is 0 Å². The number of aromatic amines is 1. The number of H-pyrrole nitrogens is 1. The molecule has 0 saturated carbocycles. The van der Waals surface area contributed by atoms with E-state index in [2.05, 4.69) is 4.98 Å². The second kappa shape index (κ2) is 4.28. The first-order valence-electron chi connectivity index (χ1n) is 4.10. The maximum absolute atomic E-state index is 11.4. The summed E-state index contributed by atoms with van der Waals surface area (Å²) in [6, 6.07) is 2.56. The molecule has 1 N–H and O–H groups in total. The Morgan fingerprint density at radius 2 is 2.14 bits per heavy atom. The predicted octanol–water partition coefficient (Wildman–Crippen LogP) is 1.59. The zero-order valence-corrected chi connectivity index (χ0v) is 8.59. The van der Waals surface area contributed by atoms with E-state index in [9.17, 15) is 9.59 Å². The Kier molecular flexibility index (Phi) is 3.30. The Hall–Kier alpha value is -1.29. The van der Waals surface area contributed by atoms with Crippen molar-refractivity contribution in [1.29, 1.82) is 0 Å². The molecule has 0 aliphatic heterocycles. The van der Waals surface area contributed by atoms with Crippen LogP contribution in [0.3, 0.4) is 0 Å². The number of nitrogens with one attached hydrogen (secondary N) is 1. The minimum absolute atomic E-state index is 0.00292. The normalized spacial score (nSPS) is 10.3. The van der Waals surface area contributed by atoms with Crippen molar-refractivity contribution in [3.05, 3.63) is 33.2 Å². The van der Waals surface area contributed by atoms with Gasteiger partial charge in [0.05, 0.1) is 11.7 Å². The van der Waals surface area contributed by atoms with Gasteiger partial charge in [0.15, 0.2) is 0 Å². The van der Waals surface area contributed by atoms with E-state index in [0.29, 0.717) is 0 Å². The predicted molar refractivity (Wildman–Crippen MR) is 52.6 cm³/mol. The largest absolute Gasteiger partial charge is 0.459 e. The number of carbonyl (C=O) groups excluding carboxylic acids is 1. The van der Waals surface area contributed by atoms with E-state index in [1.807, 2.05) is 0 Å². The van der Waals surface area contributed by atoms with Crippen LogP contribution in [0, 0.1) is 0 Å². The molecule has 1 heterocycles. The van der Waals surface area contributed by atoms with Crippen molar-refractivity contribution in [2.45, 2.75) is 20.0 Å². The fourth-order valence-electron chi connectivity index (χ4n) is 0.885. The number of carbonyl (C=O) groups is 1. The highest BCUT2D eigenvalue weighted by Crippen LogP contribution is 2.11. The van der Waals surface area contributed by atoms with Gasteiger partial charge >= 0.3 is 5.97 Å². The molecule has 5 heteroatoms. The third-order valence-corrected chi connectivity index (χ3v) is 1.73. The van der Waals surface area contributed by atoms with Crippen LogP contribution in [0.15, 0.2) is 16.9 Å². The molecule has 0 bridgehead atoms. The van der Waals surface area contributed by atoms with Crippen LogP contribution in [0.4, 0.5) is 0 Å². The van der Waals surface area contributed by atoms with Crippen molar-refractivity contribution in [1.82, 2.24) is 4.98 Å². The maximum atomic E-state index is 11.4. The molecule has 0 unspecified atom stereocenters. The third-order valence-electron chi connectivity index (χ3n) is 1.43. The van der Waals surface area contributed by atoms with Gasteiger partial charge in [-0.25, -0.2) is 4.79 Å². The van der Waals surface area contributed by atoms with Gasteiger partial charge in [-0.2, -0.15) is 0 Å². The lowest BCUT2D eigenvalue weighted by Gasteiger charge is -2.08. The molecule has 4 nitrogen and oxygen atoms in total. The lowest BCUT2D eigenvalue weighted by molar-refractivity contribution is 0.0377. The molecule has 0 radical (unpaired) electrons. The van der Waals surface area contributed by atoms with Gasteiger partial charge in [-0.1, -0.05) is 11.6 Å². The minimum atomic E-state index is -0.541. The van der Waals surface area contributed by atoms with Crippen LogP contribution in [0.2, 0.25) is 5.15 Å². The summed E-state index contributed by atoms with van der Waals surface area (Å²) in [5, 5.41) is 0.00292. The lowest BCUT2D eigenvalue weighted by Crippen LogP contribution is -2.15. The summed E-state index contributed by atoms with van der Waals surface area (Å²) in [6.07, 6.45) is -0.217.